The summed E-state index contributed by atoms with van der Waals surface area (Å²) in [5, 5.41) is 2.79. The second-order valence-electron chi connectivity index (χ2n) is 8.93. The minimum atomic E-state index is -1.19. The molecule has 5 rings (SSSR count). The second-order valence-corrected chi connectivity index (χ2v) is 10.8. The van der Waals surface area contributed by atoms with Crippen molar-refractivity contribution in [2.75, 3.05) is 16.8 Å². The molecule has 1 spiro atoms. The molecule has 0 bridgehead atoms. The van der Waals surface area contributed by atoms with Crippen LogP contribution in [0.2, 0.25) is 0 Å². The number of nitrogens with one attached hydrogen (secondary N) is 1. The molecule has 33 heavy (non-hydrogen) atoms. The van der Waals surface area contributed by atoms with Crippen molar-refractivity contribution in [3.8, 4) is 0 Å². The summed E-state index contributed by atoms with van der Waals surface area (Å²) in [6.07, 6.45) is 0. The molecule has 3 amide bonds. The van der Waals surface area contributed by atoms with Gasteiger partial charge in [0.25, 0.3) is 5.91 Å². The lowest BCUT2D eigenvalue weighted by molar-refractivity contribution is -0.123. The van der Waals surface area contributed by atoms with Crippen molar-refractivity contribution in [3.63, 3.8) is 0 Å². The van der Waals surface area contributed by atoms with E-state index < -0.39 is 16.7 Å². The van der Waals surface area contributed by atoms with Gasteiger partial charge in [-0.1, -0.05) is 54.6 Å². The molecule has 3 aromatic rings. The summed E-state index contributed by atoms with van der Waals surface area (Å²) in [5.74, 6) is -0.576. The van der Waals surface area contributed by atoms with Crippen LogP contribution in [0, 0.1) is 5.82 Å². The lowest BCUT2D eigenvalue weighted by atomic mass is 10.1. The molecular formula is C26H24FN3O2S. The fraction of sp³-hybridized carbons (Fsp3) is 0.231. The van der Waals surface area contributed by atoms with Crippen molar-refractivity contribution in [2.45, 2.75) is 30.0 Å². The minimum absolute atomic E-state index is 0.141. The van der Waals surface area contributed by atoms with E-state index in [1.54, 1.807) is 21.9 Å². The van der Waals surface area contributed by atoms with Crippen LogP contribution < -0.4 is 10.2 Å². The van der Waals surface area contributed by atoms with Crippen LogP contribution in [-0.4, -0.2) is 28.1 Å². The number of nitrogens with zero attached hydrogens (tertiary/aromatic N) is 2. The van der Waals surface area contributed by atoms with Crippen molar-refractivity contribution in [1.29, 1.82) is 0 Å². The fourth-order valence-electron chi connectivity index (χ4n) is 4.64. The molecule has 1 saturated heterocycles. The third kappa shape index (κ3) is 3.66. The number of halogens is 1. The molecule has 7 heteroatoms. The molecule has 168 valence electrons. The maximum Gasteiger partial charge on any atom is 0.323 e. The Hall–Kier alpha value is -3.32. The van der Waals surface area contributed by atoms with E-state index in [0.29, 0.717) is 18.8 Å². The summed E-state index contributed by atoms with van der Waals surface area (Å²) < 4.78 is 13.3. The van der Waals surface area contributed by atoms with Gasteiger partial charge in [0.2, 0.25) is 0 Å². The molecule has 5 nitrogen and oxygen atoms in total. The summed E-state index contributed by atoms with van der Waals surface area (Å²) in [4.78, 5) is 29.8. The summed E-state index contributed by atoms with van der Waals surface area (Å²) in [6, 6.07) is 22.8. The van der Waals surface area contributed by atoms with E-state index in [0.717, 1.165) is 16.8 Å². The van der Waals surface area contributed by atoms with Gasteiger partial charge < -0.3 is 10.2 Å². The Kier molecular flexibility index (Phi) is 5.16. The largest absolute Gasteiger partial charge is 0.323 e. The summed E-state index contributed by atoms with van der Waals surface area (Å²) in [7, 11) is 0. The number of carbonyl (C=O) groups is 2. The van der Waals surface area contributed by atoms with Gasteiger partial charge in [0.15, 0.2) is 4.87 Å². The number of urea groups is 1. The molecule has 0 radical (unpaired) electrons. The first kappa shape index (κ1) is 21.5. The third-order valence-electron chi connectivity index (χ3n) is 5.94. The average molecular weight is 462 g/mol. The molecule has 0 aliphatic carbocycles. The Morgan fingerprint density at radius 1 is 1.03 bits per heavy atom. The van der Waals surface area contributed by atoms with Gasteiger partial charge in [0, 0.05) is 22.5 Å². The van der Waals surface area contributed by atoms with Crippen molar-refractivity contribution >= 4 is 35.1 Å². The Bertz CT molecular complexity index is 1230. The number of para-hydroxylation sites is 1. The highest BCUT2D eigenvalue weighted by Gasteiger charge is 2.63. The van der Waals surface area contributed by atoms with E-state index in [1.807, 2.05) is 68.4 Å². The van der Waals surface area contributed by atoms with Crippen LogP contribution in [0.1, 0.15) is 25.0 Å². The first-order valence-corrected chi connectivity index (χ1v) is 11.6. The smallest absolute Gasteiger partial charge is 0.308 e. The number of hydrogen-bond acceptors (Lipinski definition) is 3. The van der Waals surface area contributed by atoms with Gasteiger partial charge in [-0.05, 0) is 43.7 Å². The highest BCUT2D eigenvalue weighted by Crippen LogP contribution is 2.59. The molecule has 0 aromatic heterocycles. The van der Waals surface area contributed by atoms with Crippen LogP contribution in [0.4, 0.5) is 20.6 Å². The molecule has 1 atom stereocenters. The molecule has 1 N–H and O–H groups in total. The monoisotopic (exact) mass is 461 g/mol. The van der Waals surface area contributed by atoms with E-state index in [4.69, 9.17) is 0 Å². The second kappa shape index (κ2) is 7.92. The minimum Gasteiger partial charge on any atom is -0.308 e. The number of rotatable bonds is 3. The van der Waals surface area contributed by atoms with Crippen molar-refractivity contribution in [2.24, 2.45) is 0 Å². The van der Waals surface area contributed by atoms with Gasteiger partial charge in [-0.3, -0.25) is 9.69 Å². The molecule has 3 aromatic carbocycles. The molecule has 0 saturated carbocycles. The fourth-order valence-corrected chi connectivity index (χ4v) is 6.37. The normalized spacial score (nSPS) is 20.9. The van der Waals surface area contributed by atoms with E-state index >= 15 is 0 Å². The SMILES string of the molecule is CC1(C)CN(C(=O)Nc2cccc(F)c2)[C@]2(S1)C(=O)N(Cc1ccccc1)c1ccccc12. The Morgan fingerprint density at radius 2 is 1.76 bits per heavy atom. The molecule has 2 aliphatic heterocycles. The standard InChI is InChI=1S/C26H24FN3O2S/c1-25(2)17-30(24(32)28-20-12-8-11-19(27)15-20)26(33-25)21-13-6-7-14-22(21)29(23(26)31)16-18-9-4-3-5-10-18/h3-15H,16-17H2,1-2H3,(H,28,32)/t26-/m1/s1. The zero-order valence-corrected chi connectivity index (χ0v) is 19.2. The lowest BCUT2D eigenvalue weighted by Gasteiger charge is -2.33. The molecule has 0 unspecified atom stereocenters. The quantitative estimate of drug-likeness (QED) is 0.554. The average Bonchev–Trinajstić information content (AvgIpc) is 3.21. The zero-order valence-electron chi connectivity index (χ0n) is 18.4. The molecule has 1 fully saturated rings. The van der Waals surface area contributed by atoms with E-state index in [2.05, 4.69) is 5.32 Å². The van der Waals surface area contributed by atoms with Crippen LogP contribution in [0.25, 0.3) is 0 Å². The maximum absolute atomic E-state index is 14.1. The van der Waals surface area contributed by atoms with Gasteiger partial charge >= 0.3 is 6.03 Å². The number of fused-ring (bicyclic) bond motifs is 2. The van der Waals surface area contributed by atoms with Crippen LogP contribution in [0.5, 0.6) is 0 Å². The van der Waals surface area contributed by atoms with Crippen molar-refractivity contribution in [1.82, 2.24) is 4.90 Å². The summed E-state index contributed by atoms with van der Waals surface area (Å²) >= 11 is 1.49. The zero-order chi connectivity index (χ0) is 23.2. The number of hydrogen-bond donors (Lipinski definition) is 1. The number of amides is 3. The topological polar surface area (TPSA) is 52.7 Å². The lowest BCUT2D eigenvalue weighted by Crippen LogP contribution is -2.51. The molecule has 2 aliphatic rings. The first-order valence-electron chi connectivity index (χ1n) is 10.8. The van der Waals surface area contributed by atoms with Crippen LogP contribution in [-0.2, 0) is 16.2 Å². The predicted octanol–water partition coefficient (Wildman–Crippen LogP) is 5.58. The van der Waals surface area contributed by atoms with Crippen LogP contribution in [0.3, 0.4) is 0 Å². The number of benzene rings is 3. The summed E-state index contributed by atoms with van der Waals surface area (Å²) in [6.45, 7) is 4.85. The number of carbonyl (C=O) groups excluding carboxylic acids is 2. The van der Waals surface area contributed by atoms with Crippen LogP contribution >= 0.6 is 11.8 Å². The van der Waals surface area contributed by atoms with E-state index in [9.17, 15) is 14.0 Å². The predicted molar refractivity (Wildman–Crippen MR) is 130 cm³/mol. The third-order valence-corrected chi connectivity index (χ3v) is 7.53. The molecular weight excluding hydrogens is 437 g/mol. The van der Waals surface area contributed by atoms with Crippen molar-refractivity contribution < 1.29 is 14.0 Å². The van der Waals surface area contributed by atoms with Gasteiger partial charge in [0.05, 0.1) is 12.2 Å². The Labute approximate surface area is 196 Å². The van der Waals surface area contributed by atoms with Gasteiger partial charge in [0.1, 0.15) is 5.82 Å². The van der Waals surface area contributed by atoms with Crippen LogP contribution in [0.15, 0.2) is 78.9 Å². The Morgan fingerprint density at radius 3 is 2.52 bits per heavy atom. The number of anilines is 2. The Balaban J connectivity index is 1.56. The first-order chi connectivity index (χ1) is 15.8. The van der Waals surface area contributed by atoms with Gasteiger partial charge in [-0.15, -0.1) is 11.8 Å². The number of thioether (sulfide) groups is 1. The van der Waals surface area contributed by atoms with E-state index in [-0.39, 0.29) is 10.7 Å². The van der Waals surface area contributed by atoms with Crippen molar-refractivity contribution in [3.05, 3.63) is 95.8 Å². The highest BCUT2D eigenvalue weighted by molar-refractivity contribution is 8.02. The van der Waals surface area contributed by atoms with Gasteiger partial charge in [-0.25, -0.2) is 9.18 Å². The highest BCUT2D eigenvalue weighted by atomic mass is 32.2. The maximum atomic E-state index is 14.1. The van der Waals surface area contributed by atoms with Gasteiger partial charge in [-0.2, -0.15) is 0 Å². The summed E-state index contributed by atoms with van der Waals surface area (Å²) in [5.41, 5.74) is 2.97. The molecule has 2 heterocycles. The van der Waals surface area contributed by atoms with E-state index in [1.165, 1.54) is 23.9 Å².